The molecule has 0 amide bonds. The molecule has 0 bridgehead atoms. The van der Waals surface area contributed by atoms with Gasteiger partial charge in [-0.3, -0.25) is 0 Å². The van der Waals surface area contributed by atoms with Crippen LogP contribution in [-0.2, 0) is 0 Å². The Morgan fingerprint density at radius 2 is 2.07 bits per heavy atom. The van der Waals surface area contributed by atoms with Crippen LogP contribution in [0.1, 0.15) is 22.1 Å². The predicted molar refractivity (Wildman–Crippen MR) is 64.6 cm³/mol. The lowest BCUT2D eigenvalue weighted by Gasteiger charge is -2.09. The molecule has 15 heavy (non-hydrogen) atoms. The van der Waals surface area contributed by atoms with Crippen LogP contribution in [0, 0.1) is 6.92 Å². The molecule has 78 valence electrons. The second-order valence-electron chi connectivity index (χ2n) is 3.45. The highest BCUT2D eigenvalue weighted by molar-refractivity contribution is 7.10. The van der Waals surface area contributed by atoms with Gasteiger partial charge in [-0.25, -0.2) is 0 Å². The molecule has 1 unspecified atom stereocenters. The molecule has 1 heterocycles. The zero-order valence-electron chi connectivity index (χ0n) is 8.27. The highest BCUT2D eigenvalue weighted by Gasteiger charge is 2.11. The molecule has 1 N–H and O–H groups in total. The van der Waals surface area contributed by atoms with E-state index < -0.39 is 6.10 Å². The lowest BCUT2D eigenvalue weighted by Crippen LogP contribution is -1.97. The van der Waals surface area contributed by atoms with Crippen molar-refractivity contribution in [1.29, 1.82) is 0 Å². The molecule has 0 aliphatic heterocycles. The number of aryl methyl sites for hydroxylation is 1. The Morgan fingerprint density at radius 1 is 1.27 bits per heavy atom. The smallest absolute Gasteiger partial charge is 0.105 e. The molecule has 0 saturated carbocycles. The van der Waals surface area contributed by atoms with Crippen molar-refractivity contribution >= 4 is 22.9 Å². The van der Waals surface area contributed by atoms with E-state index in [4.69, 9.17) is 11.6 Å². The Labute approximate surface area is 98.0 Å². The molecule has 1 atom stereocenters. The van der Waals surface area contributed by atoms with Gasteiger partial charge >= 0.3 is 0 Å². The number of halogens is 1. The van der Waals surface area contributed by atoms with E-state index in [1.54, 1.807) is 23.5 Å². The van der Waals surface area contributed by atoms with Gasteiger partial charge in [0.1, 0.15) is 6.10 Å². The Kier molecular flexibility index (Phi) is 3.10. The van der Waals surface area contributed by atoms with Gasteiger partial charge in [0.2, 0.25) is 0 Å². The first-order valence-corrected chi connectivity index (χ1v) is 5.91. The Hall–Kier alpha value is -0.830. The molecule has 0 saturated heterocycles. The molecule has 1 aromatic heterocycles. The zero-order chi connectivity index (χ0) is 10.8. The summed E-state index contributed by atoms with van der Waals surface area (Å²) in [6.07, 6.45) is -0.575. The molecule has 0 spiro atoms. The minimum atomic E-state index is -0.575. The molecule has 1 aromatic carbocycles. The van der Waals surface area contributed by atoms with Crippen LogP contribution < -0.4 is 0 Å². The summed E-state index contributed by atoms with van der Waals surface area (Å²) in [5.74, 6) is 0. The summed E-state index contributed by atoms with van der Waals surface area (Å²) in [5, 5.41) is 12.7. The highest BCUT2D eigenvalue weighted by atomic mass is 35.5. The molecule has 0 aliphatic carbocycles. The van der Waals surface area contributed by atoms with Crippen molar-refractivity contribution in [3.05, 3.63) is 56.7 Å². The molecule has 0 aliphatic rings. The minimum Gasteiger partial charge on any atom is -0.384 e. The molecule has 2 rings (SSSR count). The van der Waals surface area contributed by atoms with Crippen molar-refractivity contribution in [2.24, 2.45) is 0 Å². The zero-order valence-corrected chi connectivity index (χ0v) is 9.85. The lowest BCUT2D eigenvalue weighted by molar-refractivity contribution is 0.221. The second kappa shape index (κ2) is 4.35. The summed E-state index contributed by atoms with van der Waals surface area (Å²) in [7, 11) is 0. The van der Waals surface area contributed by atoms with E-state index >= 15 is 0 Å². The first kappa shape index (κ1) is 10.7. The first-order chi connectivity index (χ1) is 7.16. The van der Waals surface area contributed by atoms with Crippen LogP contribution in [0.4, 0.5) is 0 Å². The van der Waals surface area contributed by atoms with E-state index in [1.807, 2.05) is 30.5 Å². The molecular formula is C12H11ClOS. The van der Waals surface area contributed by atoms with E-state index in [9.17, 15) is 5.11 Å². The van der Waals surface area contributed by atoms with Crippen molar-refractivity contribution in [2.45, 2.75) is 13.0 Å². The number of rotatable bonds is 2. The van der Waals surface area contributed by atoms with Gasteiger partial charge in [-0.05, 0) is 41.6 Å². The summed E-state index contributed by atoms with van der Waals surface area (Å²) >= 11 is 7.51. The molecule has 2 aromatic rings. The van der Waals surface area contributed by atoms with Gasteiger partial charge in [0.15, 0.2) is 0 Å². The highest BCUT2D eigenvalue weighted by Crippen LogP contribution is 2.27. The van der Waals surface area contributed by atoms with Crippen molar-refractivity contribution in [2.75, 3.05) is 0 Å². The SMILES string of the molecule is Cc1cc(C(O)c2cccc(Cl)c2)cs1. The average Bonchev–Trinajstić information content (AvgIpc) is 2.64. The minimum absolute atomic E-state index is 0.575. The largest absolute Gasteiger partial charge is 0.384 e. The second-order valence-corrected chi connectivity index (χ2v) is 5.00. The molecule has 0 radical (unpaired) electrons. The standard InChI is InChI=1S/C12H11ClOS/c1-8-5-10(7-15-8)12(14)9-3-2-4-11(13)6-9/h2-7,12,14H,1H3. The molecular weight excluding hydrogens is 228 g/mol. The van der Waals surface area contributed by atoms with Gasteiger partial charge in [0, 0.05) is 9.90 Å². The van der Waals surface area contributed by atoms with Gasteiger partial charge < -0.3 is 5.11 Å². The Morgan fingerprint density at radius 3 is 2.67 bits per heavy atom. The molecule has 0 fully saturated rings. The van der Waals surface area contributed by atoms with Crippen molar-refractivity contribution in [1.82, 2.24) is 0 Å². The number of benzene rings is 1. The van der Waals surface area contributed by atoms with Crippen LogP contribution in [0.2, 0.25) is 5.02 Å². The van der Waals surface area contributed by atoms with Gasteiger partial charge in [0.05, 0.1) is 0 Å². The summed E-state index contributed by atoms with van der Waals surface area (Å²) in [6, 6.07) is 9.32. The van der Waals surface area contributed by atoms with Crippen molar-refractivity contribution in [3.8, 4) is 0 Å². The average molecular weight is 239 g/mol. The number of thiophene rings is 1. The van der Waals surface area contributed by atoms with Gasteiger partial charge in [0.25, 0.3) is 0 Å². The summed E-state index contributed by atoms with van der Waals surface area (Å²) < 4.78 is 0. The van der Waals surface area contributed by atoms with E-state index in [1.165, 1.54) is 4.88 Å². The summed E-state index contributed by atoms with van der Waals surface area (Å²) in [6.45, 7) is 2.03. The Balaban J connectivity index is 2.32. The summed E-state index contributed by atoms with van der Waals surface area (Å²) in [4.78, 5) is 1.20. The fourth-order valence-corrected chi connectivity index (χ4v) is 2.40. The van der Waals surface area contributed by atoms with Crippen molar-refractivity contribution < 1.29 is 5.11 Å². The maximum atomic E-state index is 10.1. The third-order valence-electron chi connectivity index (χ3n) is 2.23. The van der Waals surface area contributed by atoms with E-state index in [0.29, 0.717) is 5.02 Å². The third kappa shape index (κ3) is 2.40. The van der Waals surface area contributed by atoms with Gasteiger partial charge in [-0.2, -0.15) is 0 Å². The number of aliphatic hydroxyl groups is 1. The Bertz CT molecular complexity index is 464. The van der Waals surface area contributed by atoms with Crippen molar-refractivity contribution in [3.63, 3.8) is 0 Å². The van der Waals surface area contributed by atoms with Crippen LogP contribution in [0.15, 0.2) is 35.7 Å². The van der Waals surface area contributed by atoms with Crippen LogP contribution in [0.3, 0.4) is 0 Å². The maximum absolute atomic E-state index is 10.1. The lowest BCUT2D eigenvalue weighted by atomic mass is 10.0. The normalized spacial score (nSPS) is 12.7. The number of aliphatic hydroxyl groups excluding tert-OH is 1. The monoisotopic (exact) mass is 238 g/mol. The fourth-order valence-electron chi connectivity index (χ4n) is 1.48. The van der Waals surface area contributed by atoms with E-state index in [-0.39, 0.29) is 0 Å². The first-order valence-electron chi connectivity index (χ1n) is 4.65. The molecule has 3 heteroatoms. The predicted octanol–water partition coefficient (Wildman–Crippen LogP) is 3.79. The van der Waals surface area contributed by atoms with Crippen LogP contribution >= 0.6 is 22.9 Å². The van der Waals surface area contributed by atoms with Gasteiger partial charge in [-0.15, -0.1) is 11.3 Å². The summed E-state index contributed by atoms with van der Waals surface area (Å²) in [5.41, 5.74) is 1.76. The number of hydrogen-bond acceptors (Lipinski definition) is 2. The van der Waals surface area contributed by atoms with E-state index in [0.717, 1.165) is 11.1 Å². The molecule has 1 nitrogen and oxygen atoms in total. The fraction of sp³-hybridized carbons (Fsp3) is 0.167. The van der Waals surface area contributed by atoms with Crippen LogP contribution in [0.5, 0.6) is 0 Å². The van der Waals surface area contributed by atoms with Crippen LogP contribution in [-0.4, -0.2) is 5.11 Å². The quantitative estimate of drug-likeness (QED) is 0.844. The topological polar surface area (TPSA) is 20.2 Å². The van der Waals surface area contributed by atoms with Gasteiger partial charge in [-0.1, -0.05) is 23.7 Å². The number of hydrogen-bond donors (Lipinski definition) is 1. The third-order valence-corrected chi connectivity index (χ3v) is 3.35. The van der Waals surface area contributed by atoms with Crippen LogP contribution in [0.25, 0.3) is 0 Å². The van der Waals surface area contributed by atoms with E-state index in [2.05, 4.69) is 0 Å². The maximum Gasteiger partial charge on any atom is 0.105 e.